The van der Waals surface area contributed by atoms with E-state index in [-0.39, 0.29) is 22.7 Å². The second kappa shape index (κ2) is 16.6. The number of hydrogen-bond acceptors (Lipinski definition) is 10. The Hall–Kier alpha value is -2.41. The van der Waals surface area contributed by atoms with E-state index >= 15 is 0 Å². The van der Waals surface area contributed by atoms with E-state index in [9.17, 15) is 15.6 Å². The molecule has 4 rings (SSSR count). The number of hydroxylamine groups is 3. The summed E-state index contributed by atoms with van der Waals surface area (Å²) in [4.78, 5) is 6.66. The Morgan fingerprint density at radius 3 is 1.91 bits per heavy atom. The molecule has 266 valence electrons. The van der Waals surface area contributed by atoms with E-state index in [0.29, 0.717) is 35.7 Å². The topological polar surface area (TPSA) is 149 Å². The Bertz CT molecular complexity index is 1120. The summed E-state index contributed by atoms with van der Waals surface area (Å²) in [6.45, 7) is 29.1. The van der Waals surface area contributed by atoms with Crippen LogP contribution in [0.3, 0.4) is 0 Å². The van der Waals surface area contributed by atoms with Gasteiger partial charge in [-0.3, -0.25) is 10.5 Å². The number of piperidine rings is 1. The summed E-state index contributed by atoms with van der Waals surface area (Å²) in [5, 5.41) is 40.9. The standard InChI is InChI=1S/C12H21N5O.C12H26N2O.C10H21N2O/c1-9(2)14-12-15-11(8-10(13)17(12)18)16-6-4-3-5-7-16;1-9(2)13-8-10-7-11(3,4)14(15)12(10,5)6;1-8(2)11-6-9-5-10(3,4)12(13)7-9/h8-9,18H,3-7H2,1-2H3,(H2,13,14,15);9-10,13,15H,7-8H2,1-6H3;7-9,11,13H,5-6H2,1-4H3/q;;+1/p+1. The van der Waals surface area contributed by atoms with Crippen molar-refractivity contribution in [2.75, 3.05) is 42.1 Å². The molecule has 0 amide bonds. The third-order valence-corrected chi connectivity index (χ3v) is 9.20. The van der Waals surface area contributed by atoms with E-state index in [0.717, 1.165) is 49.6 Å². The minimum Gasteiger partial charge on any atom is -0.382 e. The minimum atomic E-state index is -0.134. The largest absolute Gasteiger partial charge is 0.386 e. The third kappa shape index (κ3) is 11.4. The molecule has 12 nitrogen and oxygen atoms in total. The first kappa shape index (κ1) is 39.8. The minimum absolute atomic E-state index is 0.0939. The molecule has 1 aromatic heterocycles. The fourth-order valence-electron chi connectivity index (χ4n) is 6.43. The molecule has 2 unspecified atom stereocenters. The predicted molar refractivity (Wildman–Crippen MR) is 187 cm³/mol. The Kier molecular flexibility index (Phi) is 14.4. The fraction of sp³-hybridized carbons (Fsp3) is 0.853. The molecule has 2 atom stereocenters. The number of aromatic nitrogens is 2. The number of anilines is 3. The van der Waals surface area contributed by atoms with Crippen LogP contribution in [0, 0.1) is 11.8 Å². The molecule has 0 saturated carbocycles. The van der Waals surface area contributed by atoms with Crippen LogP contribution < -0.4 is 31.3 Å². The highest BCUT2D eigenvalue weighted by Gasteiger charge is 2.50. The van der Waals surface area contributed by atoms with E-state index < -0.39 is 0 Å². The van der Waals surface area contributed by atoms with Crippen LogP contribution in [-0.4, -0.2) is 97.5 Å². The van der Waals surface area contributed by atoms with Gasteiger partial charge in [-0.05, 0) is 82.6 Å². The zero-order valence-corrected chi connectivity index (χ0v) is 31.1. The maximum absolute atomic E-state index is 10.1. The van der Waals surface area contributed by atoms with Crippen molar-refractivity contribution in [2.45, 2.75) is 150 Å². The Labute approximate surface area is 279 Å². The molecule has 8 N–H and O–H groups in total. The molecule has 0 aromatic carbocycles. The molecular weight excluding hydrogens is 582 g/mol. The molecule has 0 spiro atoms. The number of rotatable bonds is 9. The van der Waals surface area contributed by atoms with Crippen molar-refractivity contribution in [3.8, 4) is 0 Å². The maximum Gasteiger partial charge on any atom is 0.386 e. The molecule has 0 aliphatic carbocycles. The summed E-state index contributed by atoms with van der Waals surface area (Å²) in [6, 6.07) is 2.93. The highest BCUT2D eigenvalue weighted by Crippen LogP contribution is 2.43. The normalized spacial score (nSPS) is 23.6. The van der Waals surface area contributed by atoms with E-state index in [1.807, 2.05) is 20.1 Å². The van der Waals surface area contributed by atoms with Gasteiger partial charge in [0.05, 0.1) is 18.0 Å². The molecule has 3 aliphatic rings. The molecule has 0 radical (unpaired) electrons. The fourth-order valence-corrected chi connectivity index (χ4v) is 6.43. The molecule has 46 heavy (non-hydrogen) atoms. The van der Waals surface area contributed by atoms with Crippen LogP contribution in [0.5, 0.6) is 0 Å². The van der Waals surface area contributed by atoms with Gasteiger partial charge in [-0.2, -0.15) is 5.06 Å². The Morgan fingerprint density at radius 1 is 0.891 bits per heavy atom. The van der Waals surface area contributed by atoms with Crippen molar-refractivity contribution < 1.29 is 25.1 Å². The van der Waals surface area contributed by atoms with E-state index in [4.69, 9.17) is 5.73 Å². The number of hydrogen-bond donors (Lipinski definition) is 7. The molecule has 2 saturated heterocycles. The molecule has 4 heterocycles. The number of nitrogens with two attached hydrogens (primary N) is 1. The number of nitrogens with one attached hydrogen (secondary N) is 3. The number of nitrogens with zero attached hydrogens (tertiary/aromatic N) is 5. The summed E-state index contributed by atoms with van der Waals surface area (Å²) < 4.78 is 2.24. The summed E-state index contributed by atoms with van der Waals surface area (Å²) in [7, 11) is 0. The van der Waals surface area contributed by atoms with Crippen LogP contribution in [0.1, 0.15) is 115 Å². The molecular formula is C34H69N9O3+2. The average molecular weight is 652 g/mol. The van der Waals surface area contributed by atoms with Crippen molar-refractivity contribution in [3.05, 3.63) is 6.07 Å². The van der Waals surface area contributed by atoms with Gasteiger partial charge in [0.15, 0.2) is 12.0 Å². The van der Waals surface area contributed by atoms with Crippen LogP contribution in [0.2, 0.25) is 0 Å². The zero-order chi connectivity index (χ0) is 35.0. The summed E-state index contributed by atoms with van der Waals surface area (Å²) in [6.07, 6.45) is 7.61. The van der Waals surface area contributed by atoms with Crippen molar-refractivity contribution in [1.82, 2.24) is 20.7 Å². The second-order valence-corrected chi connectivity index (χ2v) is 16.1. The van der Waals surface area contributed by atoms with Gasteiger partial charge in [0, 0.05) is 69.6 Å². The first-order chi connectivity index (χ1) is 21.2. The van der Waals surface area contributed by atoms with Gasteiger partial charge >= 0.3 is 5.95 Å². The van der Waals surface area contributed by atoms with E-state index in [1.165, 1.54) is 29.1 Å². The molecule has 12 heteroatoms. The van der Waals surface area contributed by atoms with Crippen molar-refractivity contribution in [2.24, 2.45) is 11.8 Å². The summed E-state index contributed by atoms with van der Waals surface area (Å²) in [5.41, 5.74) is 5.48. The Morgan fingerprint density at radius 2 is 1.46 bits per heavy atom. The first-order valence-electron chi connectivity index (χ1n) is 17.4. The van der Waals surface area contributed by atoms with Crippen LogP contribution >= 0.6 is 0 Å². The number of nitrogen functional groups attached to an aromatic ring is 1. The molecule has 1 aromatic rings. The lowest BCUT2D eigenvalue weighted by atomic mass is 9.87. The van der Waals surface area contributed by atoms with E-state index in [1.54, 1.807) is 6.07 Å². The van der Waals surface area contributed by atoms with Gasteiger partial charge in [-0.1, -0.05) is 32.7 Å². The van der Waals surface area contributed by atoms with Crippen LogP contribution in [0.25, 0.3) is 0 Å². The van der Waals surface area contributed by atoms with Crippen LogP contribution in [0.4, 0.5) is 17.6 Å². The quantitative estimate of drug-likeness (QED) is 0.116. The lowest BCUT2D eigenvalue weighted by Gasteiger charge is -2.36. The SMILES string of the molecule is CC(C)NCC1C=[N+](O)C(C)(C)C1.CC(C)NCC1CC(C)(C)N(O)C1(C)C.CC(C)Nc1nc(N2CCCCC2)cc(N)[n+]1O. The van der Waals surface area contributed by atoms with Crippen LogP contribution in [-0.2, 0) is 0 Å². The monoisotopic (exact) mass is 652 g/mol. The Balaban J connectivity index is 0.000000244. The van der Waals surface area contributed by atoms with Gasteiger partial charge in [-0.15, -0.1) is 0 Å². The van der Waals surface area contributed by atoms with E-state index in [2.05, 4.69) is 95.1 Å². The van der Waals surface area contributed by atoms with Gasteiger partial charge < -0.3 is 31.7 Å². The summed E-state index contributed by atoms with van der Waals surface area (Å²) in [5.74, 6) is 2.49. The third-order valence-electron chi connectivity index (χ3n) is 9.20. The molecule has 2 fully saturated rings. The molecule has 3 aliphatic heterocycles. The average Bonchev–Trinajstić information content (AvgIpc) is 3.31. The highest BCUT2D eigenvalue weighted by atomic mass is 16.5. The van der Waals surface area contributed by atoms with Crippen molar-refractivity contribution >= 4 is 23.8 Å². The lowest BCUT2D eigenvalue weighted by Crippen LogP contribution is -2.48. The van der Waals surface area contributed by atoms with Gasteiger partial charge in [0.1, 0.15) is 0 Å². The smallest absolute Gasteiger partial charge is 0.382 e. The second-order valence-electron chi connectivity index (χ2n) is 16.1. The van der Waals surface area contributed by atoms with Gasteiger partial charge in [0.2, 0.25) is 11.4 Å². The lowest BCUT2D eigenvalue weighted by molar-refractivity contribution is -0.883. The van der Waals surface area contributed by atoms with Gasteiger partial charge in [-0.25, -0.2) is 0 Å². The first-order valence-corrected chi connectivity index (χ1v) is 17.4. The molecule has 0 bridgehead atoms. The zero-order valence-electron chi connectivity index (χ0n) is 31.1. The highest BCUT2D eigenvalue weighted by molar-refractivity contribution is 5.57. The predicted octanol–water partition coefficient (Wildman–Crippen LogP) is 4.51. The summed E-state index contributed by atoms with van der Waals surface area (Å²) >= 11 is 0. The van der Waals surface area contributed by atoms with Crippen molar-refractivity contribution in [3.63, 3.8) is 0 Å². The van der Waals surface area contributed by atoms with Crippen LogP contribution in [0.15, 0.2) is 6.07 Å². The van der Waals surface area contributed by atoms with Crippen molar-refractivity contribution in [1.29, 1.82) is 0 Å². The van der Waals surface area contributed by atoms with Gasteiger partial charge in [0.25, 0.3) is 0 Å². The maximum atomic E-state index is 10.1.